The van der Waals surface area contributed by atoms with Gasteiger partial charge in [-0.3, -0.25) is 0 Å². The first-order valence-corrected chi connectivity index (χ1v) is 5.69. The zero-order valence-corrected chi connectivity index (χ0v) is 9.92. The van der Waals surface area contributed by atoms with Gasteiger partial charge in [0.25, 0.3) is 0 Å². The lowest BCUT2D eigenvalue weighted by molar-refractivity contribution is 0.340. The fraction of sp³-hybridized carbons (Fsp3) is 0.545. The highest BCUT2D eigenvalue weighted by Crippen LogP contribution is 2.20. The second kappa shape index (κ2) is 6.51. The van der Waals surface area contributed by atoms with Gasteiger partial charge < -0.3 is 10.1 Å². The van der Waals surface area contributed by atoms with Gasteiger partial charge >= 0.3 is 0 Å². The Kier molecular flexibility index (Phi) is 5.26. The van der Waals surface area contributed by atoms with Crippen molar-refractivity contribution < 1.29 is 4.74 Å². The molecule has 0 fully saturated rings. The van der Waals surface area contributed by atoms with Crippen LogP contribution in [0.15, 0.2) is 18.3 Å². The van der Waals surface area contributed by atoms with Gasteiger partial charge in [-0.05, 0) is 25.0 Å². The van der Waals surface area contributed by atoms with E-state index in [1.54, 1.807) is 6.20 Å². The molecule has 0 amide bonds. The number of aromatic nitrogens is 1. The zero-order valence-electron chi connectivity index (χ0n) is 9.16. The molecule has 0 saturated carbocycles. The Morgan fingerprint density at radius 1 is 1.60 bits per heavy atom. The van der Waals surface area contributed by atoms with Crippen LogP contribution < -0.4 is 10.1 Å². The Morgan fingerprint density at radius 3 is 3.07 bits per heavy atom. The Morgan fingerprint density at radius 2 is 2.40 bits per heavy atom. The van der Waals surface area contributed by atoms with E-state index >= 15 is 0 Å². The molecular formula is C11H17ClN2O. The number of alkyl halides is 1. The molecule has 1 heterocycles. The van der Waals surface area contributed by atoms with Crippen molar-refractivity contribution in [2.45, 2.75) is 13.8 Å². The molecule has 0 spiro atoms. The van der Waals surface area contributed by atoms with E-state index in [1.807, 2.05) is 19.1 Å². The van der Waals surface area contributed by atoms with Crippen LogP contribution in [0.5, 0.6) is 5.75 Å². The van der Waals surface area contributed by atoms with E-state index in [-0.39, 0.29) is 0 Å². The first-order valence-electron chi connectivity index (χ1n) is 5.15. The Bertz CT molecular complexity index is 294. The molecule has 15 heavy (non-hydrogen) atoms. The van der Waals surface area contributed by atoms with Gasteiger partial charge in [-0.25, -0.2) is 4.98 Å². The lowest BCUT2D eigenvalue weighted by Gasteiger charge is -2.13. The summed E-state index contributed by atoms with van der Waals surface area (Å²) in [6.45, 7) is 5.49. The van der Waals surface area contributed by atoms with Gasteiger partial charge in [0.15, 0.2) is 11.6 Å². The summed E-state index contributed by atoms with van der Waals surface area (Å²) in [4.78, 5) is 4.22. The topological polar surface area (TPSA) is 34.1 Å². The van der Waals surface area contributed by atoms with E-state index in [0.29, 0.717) is 18.4 Å². The van der Waals surface area contributed by atoms with Crippen molar-refractivity contribution in [2.24, 2.45) is 5.92 Å². The van der Waals surface area contributed by atoms with E-state index in [4.69, 9.17) is 16.3 Å². The van der Waals surface area contributed by atoms with Crippen molar-refractivity contribution in [1.82, 2.24) is 4.98 Å². The Balaban J connectivity index is 2.58. The second-order valence-corrected chi connectivity index (χ2v) is 3.73. The average Bonchev–Trinajstić information content (AvgIpc) is 2.28. The molecule has 0 saturated heterocycles. The lowest BCUT2D eigenvalue weighted by Crippen LogP contribution is -2.14. The van der Waals surface area contributed by atoms with Crippen LogP contribution in [0.1, 0.15) is 13.8 Å². The molecule has 1 aromatic rings. The number of nitrogens with zero attached hydrogens (tertiary/aromatic N) is 1. The number of nitrogens with one attached hydrogen (secondary N) is 1. The number of rotatable bonds is 6. The standard InChI is InChI=1S/C11H17ClN2O/c1-3-15-10-5-4-6-13-11(10)14-8-9(2)7-12/h4-6,9H,3,7-8H2,1-2H3,(H,13,14). The fourth-order valence-corrected chi connectivity index (χ4v) is 1.23. The number of pyridine rings is 1. The summed E-state index contributed by atoms with van der Waals surface area (Å²) in [5.41, 5.74) is 0. The molecule has 1 aromatic heterocycles. The normalized spacial score (nSPS) is 12.2. The molecule has 0 aliphatic carbocycles. The molecule has 3 nitrogen and oxygen atoms in total. The van der Waals surface area contributed by atoms with E-state index in [0.717, 1.165) is 18.1 Å². The SMILES string of the molecule is CCOc1cccnc1NCC(C)CCl. The first-order chi connectivity index (χ1) is 7.27. The molecule has 0 bridgehead atoms. The smallest absolute Gasteiger partial charge is 0.168 e. The predicted octanol–water partition coefficient (Wildman–Crippen LogP) is 2.77. The summed E-state index contributed by atoms with van der Waals surface area (Å²) in [5.74, 6) is 2.64. The van der Waals surface area contributed by atoms with Crippen molar-refractivity contribution in [3.05, 3.63) is 18.3 Å². The van der Waals surface area contributed by atoms with Crippen molar-refractivity contribution in [3.63, 3.8) is 0 Å². The van der Waals surface area contributed by atoms with Crippen LogP contribution in [-0.4, -0.2) is 24.0 Å². The molecule has 84 valence electrons. The van der Waals surface area contributed by atoms with Gasteiger partial charge in [0.2, 0.25) is 0 Å². The number of halogens is 1. The van der Waals surface area contributed by atoms with Gasteiger partial charge in [0.1, 0.15) is 0 Å². The van der Waals surface area contributed by atoms with Crippen LogP contribution in [0.2, 0.25) is 0 Å². The highest BCUT2D eigenvalue weighted by Gasteiger charge is 2.05. The first kappa shape index (κ1) is 12.1. The highest BCUT2D eigenvalue weighted by molar-refractivity contribution is 6.18. The minimum Gasteiger partial charge on any atom is -0.490 e. The van der Waals surface area contributed by atoms with E-state index in [9.17, 15) is 0 Å². The van der Waals surface area contributed by atoms with Crippen LogP contribution in [0.4, 0.5) is 5.82 Å². The van der Waals surface area contributed by atoms with Gasteiger partial charge in [-0.1, -0.05) is 6.92 Å². The summed E-state index contributed by atoms with van der Waals surface area (Å²) < 4.78 is 5.44. The van der Waals surface area contributed by atoms with Crippen LogP contribution in [-0.2, 0) is 0 Å². The zero-order chi connectivity index (χ0) is 11.1. The molecule has 0 aliphatic heterocycles. The van der Waals surface area contributed by atoms with Gasteiger partial charge in [-0.2, -0.15) is 0 Å². The summed E-state index contributed by atoms with van der Waals surface area (Å²) >= 11 is 5.73. The van der Waals surface area contributed by atoms with Gasteiger partial charge in [-0.15, -0.1) is 11.6 Å². The molecule has 0 aliphatic rings. The summed E-state index contributed by atoms with van der Waals surface area (Å²) in [5, 5.41) is 3.23. The molecule has 1 atom stereocenters. The number of ether oxygens (including phenoxy) is 1. The fourth-order valence-electron chi connectivity index (χ4n) is 1.12. The summed E-state index contributed by atoms with van der Waals surface area (Å²) in [7, 11) is 0. The van der Waals surface area contributed by atoms with Crippen molar-refractivity contribution in [3.8, 4) is 5.75 Å². The second-order valence-electron chi connectivity index (χ2n) is 3.42. The quantitative estimate of drug-likeness (QED) is 0.761. The maximum atomic E-state index is 5.73. The minimum absolute atomic E-state index is 0.420. The Hall–Kier alpha value is -0.960. The van der Waals surface area contributed by atoms with Crippen molar-refractivity contribution in [1.29, 1.82) is 0 Å². The van der Waals surface area contributed by atoms with Crippen LogP contribution >= 0.6 is 11.6 Å². The van der Waals surface area contributed by atoms with Crippen molar-refractivity contribution >= 4 is 17.4 Å². The third-order valence-electron chi connectivity index (χ3n) is 1.95. The molecule has 0 radical (unpaired) electrons. The third kappa shape index (κ3) is 3.96. The third-order valence-corrected chi connectivity index (χ3v) is 2.48. The van der Waals surface area contributed by atoms with Crippen molar-refractivity contribution in [2.75, 3.05) is 24.3 Å². The number of hydrogen-bond donors (Lipinski definition) is 1. The van der Waals surface area contributed by atoms with E-state index in [2.05, 4.69) is 17.2 Å². The highest BCUT2D eigenvalue weighted by atomic mass is 35.5. The molecule has 0 aromatic carbocycles. The summed E-state index contributed by atoms with van der Waals surface area (Å²) in [6, 6.07) is 3.77. The molecule has 1 N–H and O–H groups in total. The number of anilines is 1. The van der Waals surface area contributed by atoms with Crippen LogP contribution in [0.3, 0.4) is 0 Å². The maximum absolute atomic E-state index is 5.73. The van der Waals surface area contributed by atoms with Crippen LogP contribution in [0.25, 0.3) is 0 Å². The largest absolute Gasteiger partial charge is 0.490 e. The van der Waals surface area contributed by atoms with Crippen LogP contribution in [0, 0.1) is 5.92 Å². The molecule has 4 heteroatoms. The van der Waals surface area contributed by atoms with E-state index < -0.39 is 0 Å². The average molecular weight is 229 g/mol. The molecule has 1 rings (SSSR count). The molecular weight excluding hydrogens is 212 g/mol. The number of hydrogen-bond acceptors (Lipinski definition) is 3. The molecule has 1 unspecified atom stereocenters. The predicted molar refractivity (Wildman–Crippen MR) is 63.8 cm³/mol. The minimum atomic E-state index is 0.420. The summed E-state index contributed by atoms with van der Waals surface area (Å²) in [6.07, 6.45) is 1.75. The monoisotopic (exact) mass is 228 g/mol. The van der Waals surface area contributed by atoms with E-state index in [1.165, 1.54) is 0 Å². The Labute approximate surface area is 95.8 Å². The van der Waals surface area contributed by atoms with Gasteiger partial charge in [0, 0.05) is 18.6 Å². The van der Waals surface area contributed by atoms with Gasteiger partial charge in [0.05, 0.1) is 6.61 Å². The maximum Gasteiger partial charge on any atom is 0.168 e. The lowest BCUT2D eigenvalue weighted by atomic mass is 10.2.